The van der Waals surface area contributed by atoms with Crippen LogP contribution in [0.5, 0.6) is 5.75 Å². The molecule has 6 heteroatoms. The lowest BCUT2D eigenvalue weighted by atomic mass is 10.2. The van der Waals surface area contributed by atoms with E-state index in [9.17, 15) is 0 Å². The fourth-order valence-corrected chi connectivity index (χ4v) is 3.32. The second kappa shape index (κ2) is 5.75. The van der Waals surface area contributed by atoms with E-state index >= 15 is 0 Å². The minimum Gasteiger partial charge on any atom is -0.497 e. The van der Waals surface area contributed by atoms with E-state index in [0.717, 1.165) is 46.7 Å². The van der Waals surface area contributed by atoms with Crippen LogP contribution < -0.4 is 10.5 Å². The Morgan fingerprint density at radius 2 is 2.25 bits per heavy atom. The number of nitrogens with zero attached hydrogens (tertiary/aromatic N) is 3. The van der Waals surface area contributed by atoms with Crippen LogP contribution in [0.3, 0.4) is 0 Å². The molecule has 0 spiro atoms. The molecular formula is C14H18N4OS. The average Bonchev–Trinajstić information content (AvgIpc) is 2.90. The molecule has 1 aliphatic heterocycles. The summed E-state index contributed by atoms with van der Waals surface area (Å²) in [5, 5.41) is 8.57. The number of hydrogen-bond acceptors (Lipinski definition) is 5. The Bertz CT molecular complexity index is 611. The Morgan fingerprint density at radius 1 is 1.35 bits per heavy atom. The number of ether oxygens (including phenoxy) is 1. The summed E-state index contributed by atoms with van der Waals surface area (Å²) in [4.78, 5) is 1.03. The molecule has 0 saturated heterocycles. The van der Waals surface area contributed by atoms with E-state index in [2.05, 4.69) is 14.8 Å². The van der Waals surface area contributed by atoms with Crippen LogP contribution in [0.2, 0.25) is 0 Å². The predicted octanol–water partition coefficient (Wildman–Crippen LogP) is 2.50. The fraction of sp³-hybridized carbons (Fsp3) is 0.429. The quantitative estimate of drug-likeness (QED) is 0.692. The molecule has 0 aliphatic carbocycles. The smallest absolute Gasteiger partial charge is 0.143 e. The normalized spacial score (nSPS) is 14.1. The van der Waals surface area contributed by atoms with Gasteiger partial charge in [0, 0.05) is 23.5 Å². The maximum Gasteiger partial charge on any atom is 0.143 e. The summed E-state index contributed by atoms with van der Waals surface area (Å²) in [7, 11) is 1.66. The van der Waals surface area contributed by atoms with Gasteiger partial charge in [-0.2, -0.15) is 0 Å². The third-order valence-corrected chi connectivity index (χ3v) is 4.58. The maximum absolute atomic E-state index is 6.00. The molecule has 0 amide bonds. The number of benzene rings is 1. The number of aryl methyl sites for hydroxylation is 1. The lowest BCUT2D eigenvalue weighted by Crippen LogP contribution is -2.12. The van der Waals surface area contributed by atoms with Gasteiger partial charge >= 0.3 is 0 Å². The molecule has 0 atom stereocenters. The molecule has 20 heavy (non-hydrogen) atoms. The highest BCUT2D eigenvalue weighted by atomic mass is 32.2. The van der Waals surface area contributed by atoms with Crippen molar-refractivity contribution in [1.29, 1.82) is 0 Å². The van der Waals surface area contributed by atoms with Gasteiger partial charge in [-0.25, -0.2) is 0 Å². The molecular weight excluding hydrogens is 272 g/mol. The SMILES string of the molecule is COc1ccc(N)c(SCc2nnc3n2CCCC3)c1. The maximum atomic E-state index is 6.00. The van der Waals surface area contributed by atoms with Crippen molar-refractivity contribution in [2.75, 3.05) is 12.8 Å². The van der Waals surface area contributed by atoms with E-state index in [1.54, 1.807) is 18.9 Å². The molecule has 2 heterocycles. The van der Waals surface area contributed by atoms with Crippen LogP contribution in [0.15, 0.2) is 23.1 Å². The lowest BCUT2D eigenvalue weighted by Gasteiger charge is -2.14. The zero-order chi connectivity index (χ0) is 13.9. The standard InChI is InChI=1S/C14H18N4OS/c1-19-10-5-6-11(15)12(8-10)20-9-14-17-16-13-4-2-3-7-18(13)14/h5-6,8H,2-4,7,9,15H2,1H3. The minimum absolute atomic E-state index is 0.772. The zero-order valence-corrected chi connectivity index (χ0v) is 12.3. The highest BCUT2D eigenvalue weighted by Gasteiger charge is 2.16. The van der Waals surface area contributed by atoms with Crippen molar-refractivity contribution in [3.8, 4) is 5.75 Å². The lowest BCUT2D eigenvalue weighted by molar-refractivity contribution is 0.414. The van der Waals surface area contributed by atoms with Crippen molar-refractivity contribution in [1.82, 2.24) is 14.8 Å². The fourth-order valence-electron chi connectivity index (χ4n) is 2.38. The largest absolute Gasteiger partial charge is 0.497 e. The Balaban J connectivity index is 1.75. The summed E-state index contributed by atoms with van der Waals surface area (Å²) < 4.78 is 7.48. The van der Waals surface area contributed by atoms with Crippen LogP contribution in [0.25, 0.3) is 0 Å². The molecule has 0 fully saturated rings. The number of anilines is 1. The van der Waals surface area contributed by atoms with Gasteiger partial charge in [0.1, 0.15) is 17.4 Å². The Kier molecular flexibility index (Phi) is 3.82. The molecule has 3 rings (SSSR count). The third-order valence-electron chi connectivity index (χ3n) is 3.51. The van der Waals surface area contributed by atoms with Crippen LogP contribution in [0.4, 0.5) is 5.69 Å². The van der Waals surface area contributed by atoms with E-state index in [1.165, 1.54) is 12.8 Å². The summed E-state index contributed by atoms with van der Waals surface area (Å²) in [6.07, 6.45) is 3.47. The van der Waals surface area contributed by atoms with E-state index in [4.69, 9.17) is 10.5 Å². The Hall–Kier alpha value is -1.69. The van der Waals surface area contributed by atoms with Gasteiger partial charge in [0.05, 0.1) is 12.9 Å². The van der Waals surface area contributed by atoms with Gasteiger partial charge in [0.15, 0.2) is 0 Å². The van der Waals surface area contributed by atoms with Crippen LogP contribution >= 0.6 is 11.8 Å². The molecule has 106 valence electrons. The molecule has 2 N–H and O–H groups in total. The highest BCUT2D eigenvalue weighted by molar-refractivity contribution is 7.98. The number of thioether (sulfide) groups is 1. The topological polar surface area (TPSA) is 66.0 Å². The van der Waals surface area contributed by atoms with Crippen molar-refractivity contribution >= 4 is 17.4 Å². The van der Waals surface area contributed by atoms with Crippen LogP contribution in [0, 0.1) is 0 Å². The van der Waals surface area contributed by atoms with Crippen LogP contribution in [-0.4, -0.2) is 21.9 Å². The van der Waals surface area contributed by atoms with Crippen molar-refractivity contribution in [2.45, 2.75) is 36.5 Å². The van der Waals surface area contributed by atoms with E-state index in [0.29, 0.717) is 0 Å². The molecule has 0 bridgehead atoms. The average molecular weight is 290 g/mol. The highest BCUT2D eigenvalue weighted by Crippen LogP contribution is 2.31. The molecule has 0 saturated carbocycles. The second-order valence-electron chi connectivity index (χ2n) is 4.83. The zero-order valence-electron chi connectivity index (χ0n) is 11.5. The molecule has 2 aromatic rings. The third kappa shape index (κ3) is 2.60. The molecule has 1 aliphatic rings. The van der Waals surface area contributed by atoms with Crippen molar-refractivity contribution in [2.24, 2.45) is 0 Å². The summed E-state index contributed by atoms with van der Waals surface area (Å²) >= 11 is 1.68. The van der Waals surface area contributed by atoms with E-state index in [-0.39, 0.29) is 0 Å². The first kappa shape index (κ1) is 13.3. The monoisotopic (exact) mass is 290 g/mol. The van der Waals surface area contributed by atoms with E-state index in [1.807, 2.05) is 18.2 Å². The number of fused-ring (bicyclic) bond motifs is 1. The summed E-state index contributed by atoms with van der Waals surface area (Å²) in [5.74, 6) is 3.76. The number of rotatable bonds is 4. The first-order valence-electron chi connectivity index (χ1n) is 6.75. The van der Waals surface area contributed by atoms with Gasteiger partial charge in [-0.1, -0.05) is 0 Å². The van der Waals surface area contributed by atoms with E-state index < -0.39 is 0 Å². The van der Waals surface area contributed by atoms with Gasteiger partial charge in [-0.3, -0.25) is 0 Å². The van der Waals surface area contributed by atoms with Gasteiger partial charge < -0.3 is 15.0 Å². The number of nitrogens with two attached hydrogens (primary N) is 1. The second-order valence-corrected chi connectivity index (χ2v) is 5.85. The Labute approximate surface area is 122 Å². The summed E-state index contributed by atoms with van der Waals surface area (Å²) in [5.41, 5.74) is 6.77. The number of methoxy groups -OCH3 is 1. The summed E-state index contributed by atoms with van der Waals surface area (Å²) in [6.45, 7) is 1.03. The molecule has 5 nitrogen and oxygen atoms in total. The van der Waals surface area contributed by atoms with Crippen molar-refractivity contribution < 1.29 is 4.74 Å². The molecule has 1 aromatic heterocycles. The van der Waals surface area contributed by atoms with Gasteiger partial charge in [0.2, 0.25) is 0 Å². The van der Waals surface area contributed by atoms with Gasteiger partial charge in [-0.05, 0) is 31.0 Å². The Morgan fingerprint density at radius 3 is 3.10 bits per heavy atom. The van der Waals surface area contributed by atoms with Gasteiger partial charge in [0.25, 0.3) is 0 Å². The molecule has 0 unspecified atom stereocenters. The number of aromatic nitrogens is 3. The minimum atomic E-state index is 0.772. The van der Waals surface area contributed by atoms with Crippen molar-refractivity contribution in [3.63, 3.8) is 0 Å². The molecule has 1 aromatic carbocycles. The van der Waals surface area contributed by atoms with Crippen LogP contribution in [-0.2, 0) is 18.7 Å². The van der Waals surface area contributed by atoms with Crippen molar-refractivity contribution in [3.05, 3.63) is 29.8 Å². The predicted molar refractivity (Wildman–Crippen MR) is 79.9 cm³/mol. The summed E-state index contributed by atoms with van der Waals surface area (Å²) in [6, 6.07) is 5.71. The van der Waals surface area contributed by atoms with Crippen LogP contribution in [0.1, 0.15) is 24.5 Å². The first-order chi connectivity index (χ1) is 9.78. The first-order valence-corrected chi connectivity index (χ1v) is 7.74. The number of nitrogen functional groups attached to an aromatic ring is 1. The van der Waals surface area contributed by atoms with Gasteiger partial charge in [-0.15, -0.1) is 22.0 Å². The number of hydrogen-bond donors (Lipinski definition) is 1. The molecule has 0 radical (unpaired) electrons.